The number of likely N-dealkylation sites (tertiary alicyclic amines) is 1. The van der Waals surface area contributed by atoms with Crippen molar-refractivity contribution in [2.75, 3.05) is 13.1 Å². The van der Waals surface area contributed by atoms with Crippen LogP contribution in [0.1, 0.15) is 44.9 Å². The number of nitrogens with zero attached hydrogens (tertiary/aromatic N) is 1. The van der Waals surface area contributed by atoms with E-state index in [0.29, 0.717) is 18.9 Å². The minimum absolute atomic E-state index is 0.520. The van der Waals surface area contributed by atoms with Crippen molar-refractivity contribution in [3.8, 4) is 0 Å². The van der Waals surface area contributed by atoms with Gasteiger partial charge >= 0.3 is 0 Å². The third kappa shape index (κ3) is 2.28. The van der Waals surface area contributed by atoms with E-state index in [2.05, 4.69) is 4.90 Å². The van der Waals surface area contributed by atoms with Crippen molar-refractivity contribution in [1.29, 1.82) is 0 Å². The van der Waals surface area contributed by atoms with Gasteiger partial charge in [-0.25, -0.2) is 0 Å². The van der Waals surface area contributed by atoms with E-state index >= 15 is 0 Å². The molecular formula is C14H23NO2. The fourth-order valence-electron chi connectivity index (χ4n) is 3.70. The summed E-state index contributed by atoms with van der Waals surface area (Å²) in [5, 5.41) is 19.4. The molecule has 0 aromatic carbocycles. The summed E-state index contributed by atoms with van der Waals surface area (Å²) >= 11 is 0. The van der Waals surface area contributed by atoms with Crippen molar-refractivity contribution in [2.45, 2.75) is 63.2 Å². The Morgan fingerprint density at radius 2 is 1.29 bits per heavy atom. The largest absolute Gasteiger partial charge is 0.390 e. The predicted octanol–water partition coefficient (Wildman–Crippen LogP) is 1.45. The lowest BCUT2D eigenvalue weighted by Crippen LogP contribution is -2.38. The quantitative estimate of drug-likeness (QED) is 0.678. The molecule has 0 spiro atoms. The van der Waals surface area contributed by atoms with Crippen LogP contribution in [-0.2, 0) is 0 Å². The molecule has 3 nitrogen and oxygen atoms in total. The van der Waals surface area contributed by atoms with Crippen molar-refractivity contribution in [3.63, 3.8) is 0 Å². The van der Waals surface area contributed by atoms with Gasteiger partial charge < -0.3 is 10.2 Å². The Morgan fingerprint density at radius 3 is 1.82 bits per heavy atom. The molecule has 1 heterocycles. The smallest absolute Gasteiger partial charge is 0.0839 e. The molecular weight excluding hydrogens is 214 g/mol. The summed E-state index contributed by atoms with van der Waals surface area (Å²) in [6.07, 6.45) is 6.72. The highest BCUT2D eigenvalue weighted by molar-refractivity contribution is 5.27. The lowest BCUT2D eigenvalue weighted by molar-refractivity contribution is 0.0144. The molecule has 0 amide bonds. The number of piperidine rings is 1. The topological polar surface area (TPSA) is 43.7 Å². The molecule has 0 saturated carbocycles. The lowest BCUT2D eigenvalue weighted by atomic mass is 9.90. The normalized spacial score (nSPS) is 36.4. The molecule has 3 aliphatic rings. The lowest BCUT2D eigenvalue weighted by Gasteiger charge is -2.32. The van der Waals surface area contributed by atoms with Gasteiger partial charge in [0, 0.05) is 6.04 Å². The number of aliphatic hydroxyl groups is 2. The molecule has 0 unspecified atom stereocenters. The molecule has 2 aliphatic carbocycles. The van der Waals surface area contributed by atoms with Crippen LogP contribution in [0.15, 0.2) is 11.1 Å². The monoisotopic (exact) mass is 237 g/mol. The van der Waals surface area contributed by atoms with E-state index in [-0.39, 0.29) is 0 Å². The van der Waals surface area contributed by atoms with Gasteiger partial charge in [-0.05, 0) is 51.6 Å². The minimum atomic E-state index is -0.520. The molecule has 3 rings (SSSR count). The van der Waals surface area contributed by atoms with E-state index in [9.17, 15) is 10.2 Å². The maximum Gasteiger partial charge on any atom is 0.0839 e. The Morgan fingerprint density at radius 1 is 0.765 bits per heavy atom. The van der Waals surface area contributed by atoms with E-state index in [4.69, 9.17) is 0 Å². The molecule has 0 radical (unpaired) electrons. The van der Waals surface area contributed by atoms with Gasteiger partial charge in [0.1, 0.15) is 0 Å². The summed E-state index contributed by atoms with van der Waals surface area (Å²) in [5.74, 6) is 0. The third-order valence-electron chi connectivity index (χ3n) is 4.73. The van der Waals surface area contributed by atoms with Crippen LogP contribution >= 0.6 is 0 Å². The molecule has 0 aromatic rings. The van der Waals surface area contributed by atoms with Crippen molar-refractivity contribution in [1.82, 2.24) is 4.90 Å². The summed E-state index contributed by atoms with van der Waals surface area (Å²) in [7, 11) is 0. The molecule has 17 heavy (non-hydrogen) atoms. The van der Waals surface area contributed by atoms with Gasteiger partial charge in [-0.3, -0.25) is 4.90 Å². The Labute approximate surface area is 103 Å². The fourth-order valence-corrected chi connectivity index (χ4v) is 3.70. The zero-order chi connectivity index (χ0) is 11.8. The second-order valence-corrected chi connectivity index (χ2v) is 5.91. The number of aliphatic hydroxyl groups excluding tert-OH is 2. The van der Waals surface area contributed by atoms with Crippen molar-refractivity contribution in [2.24, 2.45) is 0 Å². The summed E-state index contributed by atoms with van der Waals surface area (Å²) < 4.78 is 0. The molecule has 96 valence electrons. The average molecular weight is 237 g/mol. The average Bonchev–Trinajstić information content (AvgIpc) is 2.74. The van der Waals surface area contributed by atoms with Crippen LogP contribution in [0.25, 0.3) is 0 Å². The van der Waals surface area contributed by atoms with E-state index in [0.717, 1.165) is 12.8 Å². The van der Waals surface area contributed by atoms with E-state index < -0.39 is 12.2 Å². The first-order valence-corrected chi connectivity index (χ1v) is 7.04. The maximum absolute atomic E-state index is 9.72. The number of hydrogen-bond acceptors (Lipinski definition) is 3. The zero-order valence-corrected chi connectivity index (χ0v) is 10.4. The van der Waals surface area contributed by atoms with Gasteiger partial charge in [-0.15, -0.1) is 0 Å². The van der Waals surface area contributed by atoms with E-state index in [1.54, 1.807) is 0 Å². The van der Waals surface area contributed by atoms with E-state index in [1.165, 1.54) is 43.5 Å². The zero-order valence-electron chi connectivity index (χ0n) is 10.4. The second kappa shape index (κ2) is 4.71. The van der Waals surface area contributed by atoms with Gasteiger partial charge in [0.2, 0.25) is 0 Å². The standard InChI is InChI=1S/C14H23NO2/c16-13-8-10-6-12(7-11(10)9-14(13)17)15-4-2-1-3-5-15/h12-14,16-17H,1-9H2/t13-,14-/m1/s1. The molecule has 0 bridgehead atoms. The molecule has 1 aliphatic heterocycles. The highest BCUT2D eigenvalue weighted by atomic mass is 16.3. The SMILES string of the molecule is O[C@@H]1CC2=C(CC(N3CCCCC3)C2)C[C@H]1O. The first-order chi connectivity index (χ1) is 8.24. The molecule has 0 aromatic heterocycles. The first-order valence-electron chi connectivity index (χ1n) is 7.04. The van der Waals surface area contributed by atoms with Crippen LogP contribution in [0.5, 0.6) is 0 Å². The molecule has 2 atom stereocenters. The van der Waals surface area contributed by atoms with Crippen LogP contribution in [0.4, 0.5) is 0 Å². The molecule has 2 N–H and O–H groups in total. The van der Waals surface area contributed by atoms with Crippen molar-refractivity contribution in [3.05, 3.63) is 11.1 Å². The Balaban J connectivity index is 1.64. The minimum Gasteiger partial charge on any atom is -0.390 e. The van der Waals surface area contributed by atoms with Crippen LogP contribution in [-0.4, -0.2) is 46.5 Å². The Hall–Kier alpha value is -0.380. The highest BCUT2D eigenvalue weighted by Gasteiger charge is 2.35. The van der Waals surface area contributed by atoms with Crippen LogP contribution < -0.4 is 0 Å². The van der Waals surface area contributed by atoms with Crippen LogP contribution in [0.2, 0.25) is 0 Å². The fraction of sp³-hybridized carbons (Fsp3) is 0.857. The number of rotatable bonds is 1. The van der Waals surface area contributed by atoms with Crippen molar-refractivity contribution < 1.29 is 10.2 Å². The highest BCUT2D eigenvalue weighted by Crippen LogP contribution is 2.39. The summed E-state index contributed by atoms with van der Waals surface area (Å²) in [5.41, 5.74) is 2.89. The number of hydrogen-bond donors (Lipinski definition) is 2. The van der Waals surface area contributed by atoms with Crippen molar-refractivity contribution >= 4 is 0 Å². The third-order valence-corrected chi connectivity index (χ3v) is 4.73. The summed E-state index contributed by atoms with van der Waals surface area (Å²) in [6.45, 7) is 2.49. The predicted molar refractivity (Wildman–Crippen MR) is 66.7 cm³/mol. The van der Waals surface area contributed by atoms with Gasteiger partial charge in [-0.2, -0.15) is 0 Å². The van der Waals surface area contributed by atoms with Crippen LogP contribution in [0.3, 0.4) is 0 Å². The summed E-state index contributed by atoms with van der Waals surface area (Å²) in [4.78, 5) is 2.63. The first kappa shape index (κ1) is 11.7. The van der Waals surface area contributed by atoms with Gasteiger partial charge in [0.15, 0.2) is 0 Å². The van der Waals surface area contributed by atoms with Gasteiger partial charge in [-0.1, -0.05) is 17.6 Å². The molecule has 1 saturated heterocycles. The summed E-state index contributed by atoms with van der Waals surface area (Å²) in [6, 6.07) is 0.665. The molecule has 1 fully saturated rings. The maximum atomic E-state index is 9.72. The van der Waals surface area contributed by atoms with Crippen LogP contribution in [0, 0.1) is 0 Å². The Kier molecular flexibility index (Phi) is 3.24. The van der Waals surface area contributed by atoms with Gasteiger partial charge in [0.25, 0.3) is 0 Å². The molecule has 3 heteroatoms. The second-order valence-electron chi connectivity index (χ2n) is 5.91. The van der Waals surface area contributed by atoms with Gasteiger partial charge in [0.05, 0.1) is 12.2 Å². The van der Waals surface area contributed by atoms with E-state index in [1.807, 2.05) is 0 Å². The Bertz CT molecular complexity index is 298.